The van der Waals surface area contributed by atoms with Crippen molar-refractivity contribution < 1.29 is 13.2 Å². The average Bonchev–Trinajstić information content (AvgIpc) is 2.76. The maximum atomic E-state index is 13.4. The Labute approximate surface area is 172 Å². The smallest absolute Gasteiger partial charge is 0.367 e. The second-order valence-corrected chi connectivity index (χ2v) is 7.21. The van der Waals surface area contributed by atoms with Gasteiger partial charge in [0.2, 0.25) is 0 Å². The minimum absolute atomic E-state index is 0.0299. The number of piperidine rings is 1. The summed E-state index contributed by atoms with van der Waals surface area (Å²) in [6, 6.07) is 10.0. The summed E-state index contributed by atoms with van der Waals surface area (Å²) in [6.45, 7) is 2.44. The lowest BCUT2D eigenvalue weighted by Crippen LogP contribution is -2.39. The summed E-state index contributed by atoms with van der Waals surface area (Å²) in [5, 5.41) is 3.18. The van der Waals surface area contributed by atoms with Crippen molar-refractivity contribution in [1.82, 2.24) is 24.8 Å². The van der Waals surface area contributed by atoms with Crippen LogP contribution in [-0.2, 0) is 12.7 Å². The molecule has 1 fully saturated rings. The van der Waals surface area contributed by atoms with Gasteiger partial charge in [0.1, 0.15) is 5.82 Å². The van der Waals surface area contributed by atoms with E-state index in [1.807, 2.05) is 18.2 Å². The predicted octanol–water partition coefficient (Wildman–Crippen LogP) is 4.03. The highest BCUT2D eigenvalue weighted by molar-refractivity contribution is 5.57. The standard InChI is InChI=1S/C21H21F3N6/c22-21(23,24)18-13-19(29-20(28-18)15-4-9-25-10-5-15)27-16-6-11-30(12-7-16)14-17-3-1-2-8-26-17/h1-5,8-10,13,16H,6-7,11-12,14H2,(H,27,28,29). The van der Waals surface area contributed by atoms with E-state index in [1.54, 1.807) is 18.3 Å². The van der Waals surface area contributed by atoms with Gasteiger partial charge in [-0.05, 0) is 37.1 Å². The second kappa shape index (κ2) is 8.74. The Morgan fingerprint density at radius 2 is 1.77 bits per heavy atom. The van der Waals surface area contributed by atoms with Crippen molar-refractivity contribution in [1.29, 1.82) is 0 Å². The van der Waals surface area contributed by atoms with E-state index < -0.39 is 11.9 Å². The Bertz CT molecular complexity index is 957. The molecule has 0 radical (unpaired) electrons. The van der Waals surface area contributed by atoms with Gasteiger partial charge in [0, 0.05) is 55.9 Å². The molecule has 6 nitrogen and oxygen atoms in total. The molecule has 1 aliphatic rings. The number of nitrogens with zero attached hydrogens (tertiary/aromatic N) is 5. The molecule has 0 spiro atoms. The SMILES string of the molecule is FC(F)(F)c1cc(NC2CCN(Cc3ccccn3)CC2)nc(-c2ccncc2)n1. The molecule has 0 aliphatic carbocycles. The van der Waals surface area contributed by atoms with Gasteiger partial charge in [-0.2, -0.15) is 13.2 Å². The lowest BCUT2D eigenvalue weighted by molar-refractivity contribution is -0.141. The minimum Gasteiger partial charge on any atom is -0.367 e. The van der Waals surface area contributed by atoms with Crippen LogP contribution in [0.2, 0.25) is 0 Å². The third-order valence-electron chi connectivity index (χ3n) is 5.01. The van der Waals surface area contributed by atoms with Gasteiger partial charge in [-0.25, -0.2) is 9.97 Å². The maximum Gasteiger partial charge on any atom is 0.433 e. The van der Waals surface area contributed by atoms with Crippen LogP contribution in [0.5, 0.6) is 0 Å². The topological polar surface area (TPSA) is 66.8 Å². The summed E-state index contributed by atoms with van der Waals surface area (Å²) >= 11 is 0. The van der Waals surface area contributed by atoms with E-state index in [-0.39, 0.29) is 17.7 Å². The van der Waals surface area contributed by atoms with Crippen molar-refractivity contribution in [3.8, 4) is 11.4 Å². The molecule has 156 valence electrons. The van der Waals surface area contributed by atoms with Gasteiger partial charge in [0.25, 0.3) is 0 Å². The van der Waals surface area contributed by atoms with Crippen LogP contribution in [0.15, 0.2) is 55.0 Å². The number of pyridine rings is 2. The van der Waals surface area contributed by atoms with E-state index in [9.17, 15) is 13.2 Å². The summed E-state index contributed by atoms with van der Waals surface area (Å²) < 4.78 is 40.1. The molecule has 0 aromatic carbocycles. The van der Waals surface area contributed by atoms with E-state index in [0.29, 0.717) is 5.56 Å². The third kappa shape index (κ3) is 5.10. The van der Waals surface area contributed by atoms with Gasteiger partial charge in [0.05, 0.1) is 5.69 Å². The Balaban J connectivity index is 1.45. The molecule has 1 N–H and O–H groups in total. The third-order valence-corrected chi connectivity index (χ3v) is 5.01. The summed E-state index contributed by atoms with van der Waals surface area (Å²) in [6.07, 6.45) is 1.85. The summed E-state index contributed by atoms with van der Waals surface area (Å²) in [4.78, 5) is 18.6. The number of hydrogen-bond acceptors (Lipinski definition) is 6. The number of rotatable bonds is 5. The molecule has 0 amide bonds. The maximum absolute atomic E-state index is 13.4. The van der Waals surface area contributed by atoms with Crippen LogP contribution in [0.1, 0.15) is 24.2 Å². The molecule has 1 aliphatic heterocycles. The lowest BCUT2D eigenvalue weighted by atomic mass is 10.0. The molecular weight excluding hydrogens is 393 g/mol. The van der Waals surface area contributed by atoms with Crippen LogP contribution in [-0.4, -0.2) is 44.0 Å². The molecule has 3 aromatic heterocycles. The molecule has 4 rings (SSSR count). The molecule has 30 heavy (non-hydrogen) atoms. The van der Waals surface area contributed by atoms with Crippen molar-refractivity contribution in [3.63, 3.8) is 0 Å². The van der Waals surface area contributed by atoms with E-state index >= 15 is 0 Å². The Kier molecular flexibility index (Phi) is 5.89. The van der Waals surface area contributed by atoms with Gasteiger partial charge in [0.15, 0.2) is 11.5 Å². The first kappa shape index (κ1) is 20.2. The summed E-state index contributed by atoms with van der Waals surface area (Å²) in [5.41, 5.74) is 0.542. The number of nitrogens with one attached hydrogen (secondary N) is 1. The highest BCUT2D eigenvalue weighted by Crippen LogP contribution is 2.31. The molecule has 1 saturated heterocycles. The average molecular weight is 414 g/mol. The number of aromatic nitrogens is 4. The zero-order valence-electron chi connectivity index (χ0n) is 16.2. The van der Waals surface area contributed by atoms with E-state index in [1.165, 1.54) is 12.4 Å². The number of likely N-dealkylation sites (tertiary alicyclic amines) is 1. The van der Waals surface area contributed by atoms with Crippen LogP contribution in [0, 0.1) is 0 Å². The quantitative estimate of drug-likeness (QED) is 0.680. The lowest BCUT2D eigenvalue weighted by Gasteiger charge is -2.32. The van der Waals surface area contributed by atoms with Gasteiger partial charge in [-0.3, -0.25) is 14.9 Å². The first-order valence-corrected chi connectivity index (χ1v) is 9.73. The zero-order chi connectivity index (χ0) is 21.0. The highest BCUT2D eigenvalue weighted by atomic mass is 19.4. The van der Waals surface area contributed by atoms with Gasteiger partial charge < -0.3 is 5.32 Å². The Hall–Kier alpha value is -3.07. The van der Waals surface area contributed by atoms with Crippen molar-refractivity contribution >= 4 is 5.82 Å². The number of anilines is 1. The highest BCUT2D eigenvalue weighted by Gasteiger charge is 2.34. The molecule has 3 aromatic rings. The summed E-state index contributed by atoms with van der Waals surface area (Å²) in [5.74, 6) is 0.217. The van der Waals surface area contributed by atoms with Crippen molar-refractivity contribution in [2.24, 2.45) is 0 Å². The molecular formula is C21H21F3N6. The first-order chi connectivity index (χ1) is 14.5. The van der Waals surface area contributed by atoms with E-state index in [4.69, 9.17) is 0 Å². The monoisotopic (exact) mass is 414 g/mol. The minimum atomic E-state index is -4.55. The van der Waals surface area contributed by atoms with Crippen LogP contribution >= 0.6 is 0 Å². The largest absolute Gasteiger partial charge is 0.433 e. The predicted molar refractivity (Wildman–Crippen MR) is 106 cm³/mol. The van der Waals surface area contributed by atoms with Gasteiger partial charge in [-0.1, -0.05) is 6.07 Å². The molecule has 9 heteroatoms. The molecule has 0 bridgehead atoms. The Morgan fingerprint density at radius 3 is 2.43 bits per heavy atom. The second-order valence-electron chi connectivity index (χ2n) is 7.21. The van der Waals surface area contributed by atoms with Crippen molar-refractivity contribution in [2.75, 3.05) is 18.4 Å². The van der Waals surface area contributed by atoms with Gasteiger partial charge >= 0.3 is 6.18 Å². The van der Waals surface area contributed by atoms with Crippen LogP contribution in [0.3, 0.4) is 0 Å². The molecule has 0 saturated carbocycles. The Morgan fingerprint density at radius 1 is 1.00 bits per heavy atom. The van der Waals surface area contributed by atoms with Crippen LogP contribution in [0.25, 0.3) is 11.4 Å². The first-order valence-electron chi connectivity index (χ1n) is 9.73. The van der Waals surface area contributed by atoms with Crippen molar-refractivity contribution in [2.45, 2.75) is 31.6 Å². The van der Waals surface area contributed by atoms with Gasteiger partial charge in [-0.15, -0.1) is 0 Å². The molecule has 4 heterocycles. The number of halogens is 3. The fourth-order valence-electron chi connectivity index (χ4n) is 3.46. The van der Waals surface area contributed by atoms with E-state index in [0.717, 1.165) is 44.2 Å². The zero-order valence-corrected chi connectivity index (χ0v) is 16.2. The summed E-state index contributed by atoms with van der Waals surface area (Å²) in [7, 11) is 0. The normalized spacial score (nSPS) is 15.8. The van der Waals surface area contributed by atoms with Crippen LogP contribution < -0.4 is 5.32 Å². The fourth-order valence-corrected chi connectivity index (χ4v) is 3.46. The fraction of sp³-hybridized carbons (Fsp3) is 0.333. The van der Waals surface area contributed by atoms with Crippen molar-refractivity contribution in [3.05, 3.63) is 66.4 Å². The van der Waals surface area contributed by atoms with Crippen LogP contribution in [0.4, 0.5) is 19.0 Å². The number of alkyl halides is 3. The molecule has 0 atom stereocenters. The molecule has 0 unspecified atom stereocenters. The van der Waals surface area contributed by atoms with E-state index in [2.05, 4.69) is 30.2 Å². The number of hydrogen-bond donors (Lipinski definition) is 1.